The summed E-state index contributed by atoms with van der Waals surface area (Å²) in [6, 6.07) is -0.719. The zero-order valence-corrected chi connectivity index (χ0v) is 12.2. The third kappa shape index (κ3) is 9.04. The topological polar surface area (TPSA) is 84.5 Å². The fraction of sp³-hybridized carbons (Fsp3) is 0.769. The lowest BCUT2D eigenvalue weighted by Gasteiger charge is -2.23. The first kappa shape index (κ1) is 17.4. The van der Waals surface area contributed by atoms with Crippen LogP contribution in [0.15, 0.2) is 0 Å². The number of ether oxygens (including phenoxy) is 1. The van der Waals surface area contributed by atoms with Crippen LogP contribution in [0.3, 0.4) is 0 Å². The summed E-state index contributed by atoms with van der Waals surface area (Å²) < 4.78 is 5.10. The second-order valence-corrected chi connectivity index (χ2v) is 5.69. The molecule has 0 bridgehead atoms. The van der Waals surface area contributed by atoms with E-state index < -0.39 is 23.6 Å². The van der Waals surface area contributed by atoms with Crippen molar-refractivity contribution in [2.75, 3.05) is 6.54 Å². The molecule has 1 radical (unpaired) electrons. The lowest BCUT2D eigenvalue weighted by atomic mass is 10.0. The average molecular weight is 271 g/mol. The van der Waals surface area contributed by atoms with Gasteiger partial charge in [0.15, 0.2) is 0 Å². The summed E-state index contributed by atoms with van der Waals surface area (Å²) in [6.07, 6.45) is 1.39. The second-order valence-electron chi connectivity index (χ2n) is 5.69. The largest absolute Gasteiger partial charge is 0.444 e. The van der Waals surface area contributed by atoms with Gasteiger partial charge in [-0.3, -0.25) is 9.59 Å². The number of amides is 2. The predicted molar refractivity (Wildman–Crippen MR) is 71.3 cm³/mol. The summed E-state index contributed by atoms with van der Waals surface area (Å²) in [5.74, 6) is -0.200. The van der Waals surface area contributed by atoms with E-state index in [2.05, 4.69) is 10.6 Å². The number of carbonyl (C=O) groups is 2. The van der Waals surface area contributed by atoms with Crippen LogP contribution in [0.2, 0.25) is 0 Å². The number of alkyl carbamates (subject to hydrolysis) is 1. The van der Waals surface area contributed by atoms with E-state index in [1.807, 2.05) is 13.8 Å². The minimum Gasteiger partial charge on any atom is -0.444 e. The molecule has 19 heavy (non-hydrogen) atoms. The fourth-order valence-electron chi connectivity index (χ4n) is 1.40. The lowest BCUT2D eigenvalue weighted by Crippen LogP contribution is -2.49. The van der Waals surface area contributed by atoms with Crippen LogP contribution in [-0.2, 0) is 14.3 Å². The number of hydrogen-bond acceptors (Lipinski definition) is 4. The van der Waals surface area contributed by atoms with Crippen molar-refractivity contribution in [3.05, 3.63) is 0 Å². The molecule has 6 nitrogen and oxygen atoms in total. The highest BCUT2D eigenvalue weighted by Gasteiger charge is 2.24. The van der Waals surface area contributed by atoms with E-state index in [1.165, 1.54) is 0 Å². The smallest absolute Gasteiger partial charge is 0.408 e. The lowest BCUT2D eigenvalue weighted by molar-refractivity contribution is -0.123. The van der Waals surface area contributed by atoms with Gasteiger partial charge in [0.05, 0.1) is 6.54 Å². The Kier molecular flexibility index (Phi) is 7.11. The standard InChI is InChI=1S/C13H23N2O4/c1-9(2)8-10(11(17)14-6-7-16)15-12(18)19-13(3,4)5/h9-10H,6,8H2,1-5H3,(H,14,17)(H,15,18). The minimum absolute atomic E-state index is 0.191. The van der Waals surface area contributed by atoms with Crippen molar-refractivity contribution in [3.8, 4) is 0 Å². The molecule has 0 heterocycles. The molecule has 0 saturated carbocycles. The molecule has 0 spiro atoms. The van der Waals surface area contributed by atoms with Gasteiger partial charge in [-0.25, -0.2) is 4.79 Å². The maximum absolute atomic E-state index is 11.8. The first-order chi connectivity index (χ1) is 8.65. The summed E-state index contributed by atoms with van der Waals surface area (Å²) in [5.41, 5.74) is -0.625. The van der Waals surface area contributed by atoms with Crippen LogP contribution in [0.4, 0.5) is 4.79 Å². The van der Waals surface area contributed by atoms with Gasteiger partial charge in [-0.2, -0.15) is 0 Å². The summed E-state index contributed by atoms with van der Waals surface area (Å²) in [6.45, 7) is 8.90. The molecule has 0 fully saturated rings. The highest BCUT2D eigenvalue weighted by molar-refractivity contribution is 5.86. The van der Waals surface area contributed by atoms with E-state index >= 15 is 0 Å². The van der Waals surface area contributed by atoms with E-state index in [0.29, 0.717) is 6.42 Å². The van der Waals surface area contributed by atoms with Gasteiger partial charge in [0, 0.05) is 0 Å². The molecule has 0 aliphatic rings. The van der Waals surface area contributed by atoms with Gasteiger partial charge >= 0.3 is 6.09 Å². The summed E-state index contributed by atoms with van der Waals surface area (Å²) in [4.78, 5) is 33.5. The van der Waals surface area contributed by atoms with Gasteiger partial charge in [-0.05, 0) is 33.1 Å². The molecule has 0 aliphatic heterocycles. The molecule has 0 aromatic rings. The van der Waals surface area contributed by atoms with Crippen molar-refractivity contribution >= 4 is 18.3 Å². The first-order valence-electron chi connectivity index (χ1n) is 6.28. The maximum Gasteiger partial charge on any atom is 0.408 e. The van der Waals surface area contributed by atoms with Crippen LogP contribution in [0.25, 0.3) is 0 Å². The number of rotatable bonds is 6. The molecule has 2 N–H and O–H groups in total. The quantitative estimate of drug-likeness (QED) is 0.759. The van der Waals surface area contributed by atoms with E-state index in [1.54, 1.807) is 27.1 Å². The third-order valence-corrected chi connectivity index (χ3v) is 2.05. The van der Waals surface area contributed by atoms with Gasteiger partial charge < -0.3 is 15.4 Å². The van der Waals surface area contributed by atoms with E-state index in [4.69, 9.17) is 4.74 Å². The molecule has 109 valence electrons. The molecule has 0 aromatic heterocycles. The SMILES string of the molecule is CC(C)CC(NC(=O)OC(C)(C)C)C(=O)NC[C]=O. The molecule has 2 amide bonds. The first-order valence-corrected chi connectivity index (χ1v) is 6.28. The Morgan fingerprint density at radius 2 is 1.84 bits per heavy atom. The van der Waals surface area contributed by atoms with Crippen LogP contribution in [0.5, 0.6) is 0 Å². The molecule has 0 aromatic carbocycles. The molecule has 0 rings (SSSR count). The Balaban J connectivity index is 4.54. The van der Waals surface area contributed by atoms with Crippen LogP contribution in [-0.4, -0.2) is 36.5 Å². The summed E-state index contributed by atoms with van der Waals surface area (Å²) in [5, 5.41) is 4.88. The van der Waals surface area contributed by atoms with Crippen molar-refractivity contribution in [2.45, 2.75) is 52.7 Å². The highest BCUT2D eigenvalue weighted by atomic mass is 16.6. The number of hydrogen-bond donors (Lipinski definition) is 2. The zero-order chi connectivity index (χ0) is 15.1. The molecule has 0 aliphatic carbocycles. The molecule has 1 unspecified atom stereocenters. The van der Waals surface area contributed by atoms with Crippen molar-refractivity contribution in [1.82, 2.24) is 10.6 Å². The highest BCUT2D eigenvalue weighted by Crippen LogP contribution is 2.09. The zero-order valence-electron chi connectivity index (χ0n) is 12.2. The van der Waals surface area contributed by atoms with E-state index in [-0.39, 0.29) is 12.5 Å². The summed E-state index contributed by atoms with van der Waals surface area (Å²) in [7, 11) is 0. The van der Waals surface area contributed by atoms with Crippen molar-refractivity contribution in [1.29, 1.82) is 0 Å². The van der Waals surface area contributed by atoms with Gasteiger partial charge in [0.2, 0.25) is 12.2 Å². The molecule has 1 atom stereocenters. The van der Waals surface area contributed by atoms with Crippen molar-refractivity contribution in [2.24, 2.45) is 5.92 Å². The molecular formula is C13H23N2O4. The Labute approximate surface area is 114 Å². The Morgan fingerprint density at radius 1 is 1.26 bits per heavy atom. The van der Waals surface area contributed by atoms with Gasteiger partial charge in [0.25, 0.3) is 0 Å². The maximum atomic E-state index is 11.8. The third-order valence-electron chi connectivity index (χ3n) is 2.05. The Morgan fingerprint density at radius 3 is 2.26 bits per heavy atom. The monoisotopic (exact) mass is 271 g/mol. The van der Waals surface area contributed by atoms with Crippen LogP contribution in [0.1, 0.15) is 41.0 Å². The summed E-state index contributed by atoms with van der Waals surface area (Å²) >= 11 is 0. The van der Waals surface area contributed by atoms with Crippen molar-refractivity contribution in [3.63, 3.8) is 0 Å². The number of carbonyl (C=O) groups excluding carboxylic acids is 3. The van der Waals surface area contributed by atoms with E-state index in [0.717, 1.165) is 0 Å². The van der Waals surface area contributed by atoms with Gasteiger partial charge in [-0.15, -0.1) is 0 Å². The van der Waals surface area contributed by atoms with Gasteiger partial charge in [0.1, 0.15) is 11.6 Å². The average Bonchev–Trinajstić information content (AvgIpc) is 2.21. The van der Waals surface area contributed by atoms with Crippen LogP contribution in [0, 0.1) is 5.92 Å². The molecule has 0 saturated heterocycles. The Bertz CT molecular complexity index is 321. The predicted octanol–water partition coefficient (Wildman–Crippen LogP) is 1.15. The Hall–Kier alpha value is -1.59. The van der Waals surface area contributed by atoms with Crippen molar-refractivity contribution < 1.29 is 19.1 Å². The fourth-order valence-corrected chi connectivity index (χ4v) is 1.40. The van der Waals surface area contributed by atoms with Crippen LogP contribution >= 0.6 is 0 Å². The van der Waals surface area contributed by atoms with Crippen LogP contribution < -0.4 is 10.6 Å². The molecular weight excluding hydrogens is 248 g/mol. The van der Waals surface area contributed by atoms with Gasteiger partial charge in [-0.1, -0.05) is 13.8 Å². The number of nitrogens with one attached hydrogen (secondary N) is 2. The normalized spacial score (nSPS) is 12.7. The second kappa shape index (κ2) is 7.76. The minimum atomic E-state index is -0.719. The van der Waals surface area contributed by atoms with E-state index in [9.17, 15) is 14.4 Å². The molecule has 6 heteroatoms.